The largest absolute Gasteiger partial charge is 0.296 e. The van der Waals surface area contributed by atoms with E-state index in [1.54, 1.807) is 12.1 Å². The Labute approximate surface area is 186 Å². The lowest BCUT2D eigenvalue weighted by molar-refractivity contribution is 0.238. The zero-order valence-corrected chi connectivity index (χ0v) is 20.1. The van der Waals surface area contributed by atoms with Gasteiger partial charge in [0, 0.05) is 19.1 Å². The molecule has 0 N–H and O–H groups in total. The quantitative estimate of drug-likeness (QED) is 0.243. The number of hydrogen-bond acceptors (Lipinski definition) is 1. The first-order chi connectivity index (χ1) is 14.5. The van der Waals surface area contributed by atoms with Crippen LogP contribution in [0.1, 0.15) is 116 Å². The molecule has 1 aliphatic heterocycles. The van der Waals surface area contributed by atoms with Gasteiger partial charge in [-0.2, -0.15) is 0 Å². The molecule has 171 valence electrons. The van der Waals surface area contributed by atoms with E-state index in [1.807, 2.05) is 12.1 Å². The fourth-order valence-corrected chi connectivity index (χ4v) is 4.68. The van der Waals surface area contributed by atoms with Crippen LogP contribution in [0, 0.1) is 17.8 Å². The van der Waals surface area contributed by atoms with Gasteiger partial charge >= 0.3 is 0 Å². The summed E-state index contributed by atoms with van der Waals surface area (Å²) in [5.41, 5.74) is 1.75. The van der Waals surface area contributed by atoms with Gasteiger partial charge in [-0.1, -0.05) is 96.6 Å². The van der Waals surface area contributed by atoms with Crippen LogP contribution in [0.15, 0.2) is 24.3 Å². The molecule has 0 aromatic heterocycles. The van der Waals surface area contributed by atoms with Crippen LogP contribution in [0.2, 0.25) is 0 Å². The molecule has 0 amide bonds. The predicted octanol–water partition coefficient (Wildman–Crippen LogP) is 8.72. The summed E-state index contributed by atoms with van der Waals surface area (Å²) in [6.45, 7) is 10.8. The Balaban J connectivity index is 1.30. The van der Waals surface area contributed by atoms with Gasteiger partial charge in [0.15, 0.2) is 0 Å². The average Bonchev–Trinajstić information content (AvgIpc) is 3.09. The third kappa shape index (κ3) is 10.9. The number of benzene rings is 1. The number of rotatable bonds is 16. The molecule has 0 bridgehead atoms. The fourth-order valence-electron chi connectivity index (χ4n) is 4.68. The molecular formula is C28H47FN. The van der Waals surface area contributed by atoms with Crippen LogP contribution >= 0.6 is 0 Å². The monoisotopic (exact) mass is 416 g/mol. The third-order valence-corrected chi connectivity index (χ3v) is 6.81. The summed E-state index contributed by atoms with van der Waals surface area (Å²) in [7, 11) is 0. The summed E-state index contributed by atoms with van der Waals surface area (Å²) in [6.07, 6.45) is 20.3. The lowest BCUT2D eigenvalue weighted by Crippen LogP contribution is -2.30. The van der Waals surface area contributed by atoms with E-state index >= 15 is 0 Å². The van der Waals surface area contributed by atoms with Crippen LogP contribution in [-0.2, 0) is 6.42 Å². The van der Waals surface area contributed by atoms with Crippen molar-refractivity contribution in [1.82, 2.24) is 4.90 Å². The Hall–Kier alpha value is -0.890. The van der Waals surface area contributed by atoms with Crippen molar-refractivity contribution in [2.24, 2.45) is 5.41 Å². The first kappa shape index (κ1) is 25.4. The molecule has 1 heterocycles. The first-order valence-corrected chi connectivity index (χ1v) is 12.8. The van der Waals surface area contributed by atoms with Crippen molar-refractivity contribution in [1.29, 1.82) is 0 Å². The Morgan fingerprint density at radius 2 is 1.30 bits per heavy atom. The Bertz CT molecular complexity index is 550. The zero-order chi connectivity index (χ0) is 21.7. The Morgan fingerprint density at radius 3 is 1.80 bits per heavy atom. The highest BCUT2D eigenvalue weighted by molar-refractivity contribution is 5.15. The van der Waals surface area contributed by atoms with Gasteiger partial charge in [-0.05, 0) is 55.7 Å². The maximum absolute atomic E-state index is 12.9. The molecule has 1 unspecified atom stereocenters. The lowest BCUT2D eigenvalue weighted by atomic mass is 9.93. The summed E-state index contributed by atoms with van der Waals surface area (Å²) in [5.74, 6) is -0.131. The zero-order valence-electron chi connectivity index (χ0n) is 20.1. The molecule has 1 aromatic carbocycles. The second kappa shape index (κ2) is 14.2. The summed E-state index contributed by atoms with van der Waals surface area (Å²) in [5, 5.41) is 0. The molecular weight excluding hydrogens is 369 g/mol. The maximum atomic E-state index is 12.9. The third-order valence-electron chi connectivity index (χ3n) is 6.81. The maximum Gasteiger partial charge on any atom is 0.123 e. The van der Waals surface area contributed by atoms with E-state index in [9.17, 15) is 4.39 Å². The molecule has 1 aliphatic rings. The SMILES string of the molecule is CC(CCCCCCCCCCCCCCc1ccc(F)cc1)N1[CH]CC(C)(C)C1. The highest BCUT2D eigenvalue weighted by atomic mass is 19.1. The topological polar surface area (TPSA) is 3.24 Å². The van der Waals surface area contributed by atoms with Gasteiger partial charge in [0.05, 0.1) is 0 Å². The molecule has 0 saturated carbocycles. The number of aryl methyl sites for hydroxylation is 1. The summed E-state index contributed by atoms with van der Waals surface area (Å²) in [4.78, 5) is 2.59. The van der Waals surface area contributed by atoms with Crippen molar-refractivity contribution >= 4 is 0 Å². The second-order valence-corrected chi connectivity index (χ2v) is 10.5. The fraction of sp³-hybridized carbons (Fsp3) is 0.750. The first-order valence-electron chi connectivity index (χ1n) is 12.8. The molecule has 1 aromatic rings. The Morgan fingerprint density at radius 1 is 0.800 bits per heavy atom. The number of halogens is 1. The van der Waals surface area contributed by atoms with E-state index in [2.05, 4.69) is 32.2 Å². The van der Waals surface area contributed by atoms with Crippen LogP contribution in [0.3, 0.4) is 0 Å². The van der Waals surface area contributed by atoms with Crippen molar-refractivity contribution < 1.29 is 4.39 Å². The summed E-state index contributed by atoms with van der Waals surface area (Å²) < 4.78 is 12.9. The Kier molecular flexibility index (Phi) is 12.0. The normalized spacial score (nSPS) is 17.5. The van der Waals surface area contributed by atoms with E-state index < -0.39 is 0 Å². The van der Waals surface area contributed by atoms with Crippen molar-refractivity contribution in [2.75, 3.05) is 6.54 Å². The molecule has 0 aliphatic carbocycles. The molecule has 0 spiro atoms. The van der Waals surface area contributed by atoms with Gasteiger partial charge in [-0.25, -0.2) is 4.39 Å². The molecule has 1 saturated heterocycles. The van der Waals surface area contributed by atoms with Gasteiger partial charge in [-0.3, -0.25) is 4.90 Å². The molecule has 1 fully saturated rings. The number of unbranched alkanes of at least 4 members (excludes halogenated alkanes) is 11. The number of likely N-dealkylation sites (tertiary alicyclic amines) is 1. The van der Waals surface area contributed by atoms with E-state index in [-0.39, 0.29) is 5.82 Å². The number of nitrogens with zero attached hydrogens (tertiary/aromatic N) is 1. The van der Waals surface area contributed by atoms with Crippen molar-refractivity contribution in [3.05, 3.63) is 42.2 Å². The van der Waals surface area contributed by atoms with Gasteiger partial charge in [0.1, 0.15) is 5.82 Å². The van der Waals surface area contributed by atoms with Gasteiger partial charge in [0.2, 0.25) is 0 Å². The predicted molar refractivity (Wildman–Crippen MR) is 129 cm³/mol. The molecule has 1 radical (unpaired) electrons. The van der Waals surface area contributed by atoms with Crippen molar-refractivity contribution in [3.63, 3.8) is 0 Å². The van der Waals surface area contributed by atoms with E-state index in [0.717, 1.165) is 12.5 Å². The van der Waals surface area contributed by atoms with E-state index in [4.69, 9.17) is 0 Å². The van der Waals surface area contributed by atoms with E-state index in [0.29, 0.717) is 5.41 Å². The second-order valence-electron chi connectivity index (χ2n) is 10.5. The van der Waals surface area contributed by atoms with Crippen LogP contribution < -0.4 is 0 Å². The lowest BCUT2D eigenvalue weighted by Gasteiger charge is -2.25. The van der Waals surface area contributed by atoms with Crippen LogP contribution in [0.25, 0.3) is 0 Å². The van der Waals surface area contributed by atoms with Crippen molar-refractivity contribution in [3.8, 4) is 0 Å². The highest BCUT2D eigenvalue weighted by Crippen LogP contribution is 2.33. The van der Waals surface area contributed by atoms with E-state index in [1.165, 1.54) is 102 Å². The molecule has 2 heteroatoms. The minimum absolute atomic E-state index is 0.131. The molecule has 1 nitrogen and oxygen atoms in total. The average molecular weight is 417 g/mol. The summed E-state index contributed by atoms with van der Waals surface area (Å²) in [6, 6.07) is 7.71. The molecule has 1 atom stereocenters. The van der Waals surface area contributed by atoms with Crippen LogP contribution in [0.5, 0.6) is 0 Å². The highest BCUT2D eigenvalue weighted by Gasteiger charge is 2.31. The van der Waals surface area contributed by atoms with Crippen molar-refractivity contribution in [2.45, 2.75) is 123 Å². The minimum atomic E-state index is -0.131. The summed E-state index contributed by atoms with van der Waals surface area (Å²) >= 11 is 0. The van der Waals surface area contributed by atoms with Crippen LogP contribution in [0.4, 0.5) is 4.39 Å². The molecule has 30 heavy (non-hydrogen) atoms. The van der Waals surface area contributed by atoms with Gasteiger partial charge in [0.25, 0.3) is 0 Å². The number of hydrogen-bond donors (Lipinski definition) is 0. The molecule has 2 rings (SSSR count). The standard InChI is InChI=1S/C28H47FN/c1-25(30-23-22-28(2,3)24-30)16-14-12-10-8-6-4-5-7-9-11-13-15-17-26-18-20-27(29)21-19-26/h18-21,23,25H,4-17,22,24H2,1-3H3. The van der Waals surface area contributed by atoms with Crippen LogP contribution in [-0.4, -0.2) is 17.5 Å². The minimum Gasteiger partial charge on any atom is -0.296 e. The van der Waals surface area contributed by atoms with Gasteiger partial charge < -0.3 is 0 Å². The smallest absolute Gasteiger partial charge is 0.123 e. The van der Waals surface area contributed by atoms with Gasteiger partial charge in [-0.15, -0.1) is 0 Å².